The fourth-order valence-corrected chi connectivity index (χ4v) is 1.68. The van der Waals surface area contributed by atoms with E-state index in [9.17, 15) is 4.39 Å². The molecule has 5 nitrogen and oxygen atoms in total. The van der Waals surface area contributed by atoms with Crippen molar-refractivity contribution in [2.24, 2.45) is 0 Å². The summed E-state index contributed by atoms with van der Waals surface area (Å²) in [5.74, 6) is -0.219. The molecule has 0 spiro atoms. The minimum absolute atomic E-state index is 0.0848. The summed E-state index contributed by atoms with van der Waals surface area (Å²) in [5, 5.41) is 0. The van der Waals surface area contributed by atoms with Gasteiger partial charge in [-0.05, 0) is 12.8 Å². The van der Waals surface area contributed by atoms with Crippen LogP contribution in [-0.2, 0) is 9.57 Å². The Hall–Kier alpha value is -1.40. The Labute approximate surface area is 98.8 Å². The second-order valence-corrected chi connectivity index (χ2v) is 3.76. The van der Waals surface area contributed by atoms with Crippen molar-refractivity contribution in [2.75, 3.05) is 25.8 Å². The van der Waals surface area contributed by atoms with Gasteiger partial charge in [0.15, 0.2) is 5.75 Å². The van der Waals surface area contributed by atoms with Crippen LogP contribution in [0.15, 0.2) is 12.3 Å². The summed E-state index contributed by atoms with van der Waals surface area (Å²) >= 11 is 0. The maximum absolute atomic E-state index is 13.0. The molecule has 1 aliphatic heterocycles. The zero-order chi connectivity index (χ0) is 12.1. The molecule has 0 saturated carbocycles. The number of hydrogen-bond donors (Lipinski definition) is 1. The van der Waals surface area contributed by atoms with Crippen LogP contribution in [0, 0.1) is 5.95 Å². The van der Waals surface area contributed by atoms with Crippen molar-refractivity contribution >= 4 is 5.69 Å². The van der Waals surface area contributed by atoms with Gasteiger partial charge in [0, 0.05) is 12.7 Å². The minimum atomic E-state index is -0.589. The molecule has 0 aromatic carbocycles. The maximum Gasteiger partial charge on any atom is 0.216 e. The SMILES string of the molecule is CONc1cnc(F)cc1OCC1CCCO1. The van der Waals surface area contributed by atoms with Gasteiger partial charge in [-0.25, -0.2) is 4.98 Å². The highest BCUT2D eigenvalue weighted by Gasteiger charge is 2.17. The van der Waals surface area contributed by atoms with Crippen molar-refractivity contribution in [2.45, 2.75) is 18.9 Å². The number of hydrogen-bond acceptors (Lipinski definition) is 5. The van der Waals surface area contributed by atoms with Crippen LogP contribution in [0.2, 0.25) is 0 Å². The van der Waals surface area contributed by atoms with Gasteiger partial charge in [-0.3, -0.25) is 10.3 Å². The third kappa shape index (κ3) is 3.28. The number of halogens is 1. The first-order valence-electron chi connectivity index (χ1n) is 5.48. The molecule has 17 heavy (non-hydrogen) atoms. The van der Waals surface area contributed by atoms with Gasteiger partial charge in [0.1, 0.15) is 12.3 Å². The lowest BCUT2D eigenvalue weighted by Crippen LogP contribution is -2.17. The molecule has 1 atom stereocenters. The Balaban J connectivity index is 1.99. The number of aromatic nitrogens is 1. The fraction of sp³-hybridized carbons (Fsp3) is 0.545. The summed E-state index contributed by atoms with van der Waals surface area (Å²) in [7, 11) is 1.47. The van der Waals surface area contributed by atoms with Crippen LogP contribution in [0.25, 0.3) is 0 Å². The second-order valence-electron chi connectivity index (χ2n) is 3.76. The molecule has 1 N–H and O–H groups in total. The molecule has 0 aliphatic carbocycles. The van der Waals surface area contributed by atoms with Crippen LogP contribution in [0.3, 0.4) is 0 Å². The molecule has 6 heteroatoms. The molecule has 94 valence electrons. The monoisotopic (exact) mass is 242 g/mol. The third-order valence-electron chi connectivity index (χ3n) is 2.49. The molecule has 1 aromatic heterocycles. The van der Waals surface area contributed by atoms with Gasteiger partial charge < -0.3 is 9.47 Å². The molecule has 0 bridgehead atoms. The first-order chi connectivity index (χ1) is 8.29. The molecule has 1 unspecified atom stereocenters. The van der Waals surface area contributed by atoms with Gasteiger partial charge in [-0.15, -0.1) is 0 Å². The normalized spacial score (nSPS) is 19.3. The first-order valence-corrected chi connectivity index (χ1v) is 5.48. The average Bonchev–Trinajstić information content (AvgIpc) is 2.82. The highest BCUT2D eigenvalue weighted by atomic mass is 19.1. The zero-order valence-electron chi connectivity index (χ0n) is 9.61. The summed E-state index contributed by atoms with van der Waals surface area (Å²) in [6, 6.07) is 1.22. The molecule has 1 fully saturated rings. The van der Waals surface area contributed by atoms with E-state index >= 15 is 0 Å². The predicted molar refractivity (Wildman–Crippen MR) is 59.3 cm³/mol. The Bertz CT molecular complexity index is 370. The summed E-state index contributed by atoms with van der Waals surface area (Å²) in [4.78, 5) is 8.27. The molecular formula is C11H15FN2O3. The number of nitrogens with one attached hydrogen (secondary N) is 1. The minimum Gasteiger partial charge on any atom is -0.488 e. The van der Waals surface area contributed by atoms with E-state index in [0.29, 0.717) is 18.0 Å². The van der Waals surface area contributed by atoms with Crippen molar-refractivity contribution < 1.29 is 18.7 Å². The van der Waals surface area contributed by atoms with Crippen LogP contribution in [0.5, 0.6) is 5.75 Å². The largest absolute Gasteiger partial charge is 0.488 e. The predicted octanol–water partition coefficient (Wildman–Crippen LogP) is 1.75. The second kappa shape index (κ2) is 5.79. The van der Waals surface area contributed by atoms with Crippen molar-refractivity contribution in [1.82, 2.24) is 4.98 Å². The van der Waals surface area contributed by atoms with Crippen LogP contribution in [0.4, 0.5) is 10.1 Å². The molecule has 2 rings (SSSR count). The zero-order valence-corrected chi connectivity index (χ0v) is 9.61. The smallest absolute Gasteiger partial charge is 0.216 e. The summed E-state index contributed by atoms with van der Waals surface area (Å²) in [5.41, 5.74) is 3.08. The van der Waals surface area contributed by atoms with Gasteiger partial charge in [-0.1, -0.05) is 0 Å². The number of rotatable bonds is 5. The maximum atomic E-state index is 13.0. The summed E-state index contributed by atoms with van der Waals surface area (Å²) < 4.78 is 23.9. The average molecular weight is 242 g/mol. The van der Waals surface area contributed by atoms with Crippen molar-refractivity contribution in [3.8, 4) is 5.75 Å². The van der Waals surface area contributed by atoms with Gasteiger partial charge in [0.05, 0.1) is 19.4 Å². The van der Waals surface area contributed by atoms with E-state index in [1.54, 1.807) is 0 Å². The van der Waals surface area contributed by atoms with Crippen LogP contribution in [-0.4, -0.2) is 31.4 Å². The molecular weight excluding hydrogens is 227 g/mol. The number of pyridine rings is 1. The lowest BCUT2D eigenvalue weighted by Gasteiger charge is -2.14. The lowest BCUT2D eigenvalue weighted by molar-refractivity contribution is 0.0678. The van der Waals surface area contributed by atoms with Gasteiger partial charge in [0.2, 0.25) is 5.95 Å². The van der Waals surface area contributed by atoms with Gasteiger partial charge in [0.25, 0.3) is 0 Å². The lowest BCUT2D eigenvalue weighted by atomic mass is 10.2. The quantitative estimate of drug-likeness (QED) is 0.629. The topological polar surface area (TPSA) is 52.6 Å². The van der Waals surface area contributed by atoms with E-state index in [1.165, 1.54) is 19.4 Å². The highest BCUT2D eigenvalue weighted by molar-refractivity contribution is 5.52. The summed E-state index contributed by atoms with van der Waals surface area (Å²) in [6.45, 7) is 1.17. The van der Waals surface area contributed by atoms with Gasteiger partial charge >= 0.3 is 0 Å². The Morgan fingerprint density at radius 2 is 2.53 bits per heavy atom. The standard InChI is InChI=1S/C11H15FN2O3/c1-15-14-9-6-13-11(12)5-10(9)17-7-8-3-2-4-16-8/h5-6,8,14H,2-4,7H2,1H3. The van der Waals surface area contributed by atoms with E-state index < -0.39 is 5.95 Å². The molecule has 1 aliphatic rings. The number of nitrogens with zero attached hydrogens (tertiary/aromatic N) is 1. The Morgan fingerprint density at radius 3 is 3.24 bits per heavy atom. The summed E-state index contributed by atoms with van der Waals surface area (Å²) in [6.07, 6.45) is 3.42. The highest BCUT2D eigenvalue weighted by Crippen LogP contribution is 2.25. The van der Waals surface area contributed by atoms with Gasteiger partial charge in [-0.2, -0.15) is 4.39 Å². The van der Waals surface area contributed by atoms with Crippen LogP contribution >= 0.6 is 0 Å². The van der Waals surface area contributed by atoms with Crippen LogP contribution < -0.4 is 10.2 Å². The van der Waals surface area contributed by atoms with Crippen molar-refractivity contribution in [1.29, 1.82) is 0 Å². The van der Waals surface area contributed by atoms with E-state index in [1.807, 2.05) is 0 Å². The number of ether oxygens (including phenoxy) is 2. The molecule has 0 radical (unpaired) electrons. The molecule has 1 saturated heterocycles. The van der Waals surface area contributed by atoms with E-state index in [-0.39, 0.29) is 6.10 Å². The Kier molecular flexibility index (Phi) is 4.11. The third-order valence-corrected chi connectivity index (χ3v) is 2.49. The first kappa shape index (κ1) is 12.1. The van der Waals surface area contributed by atoms with Crippen molar-refractivity contribution in [3.05, 3.63) is 18.2 Å². The van der Waals surface area contributed by atoms with Crippen molar-refractivity contribution in [3.63, 3.8) is 0 Å². The van der Waals surface area contributed by atoms with E-state index in [0.717, 1.165) is 19.4 Å². The number of anilines is 1. The van der Waals surface area contributed by atoms with E-state index in [2.05, 4.69) is 10.5 Å². The van der Waals surface area contributed by atoms with Crippen LogP contribution in [0.1, 0.15) is 12.8 Å². The molecule has 2 heterocycles. The molecule has 1 aromatic rings. The fourth-order valence-electron chi connectivity index (χ4n) is 1.68. The van der Waals surface area contributed by atoms with E-state index in [4.69, 9.17) is 14.3 Å². The Morgan fingerprint density at radius 1 is 1.65 bits per heavy atom. The molecule has 0 amide bonds.